The highest BCUT2D eigenvalue weighted by molar-refractivity contribution is 7.78. The summed E-state index contributed by atoms with van der Waals surface area (Å²) >= 11 is 5.07. The highest BCUT2D eigenvalue weighted by Crippen LogP contribution is 2.51. The molecule has 0 spiro atoms. The summed E-state index contributed by atoms with van der Waals surface area (Å²) in [4.78, 5) is 0. The largest absolute Gasteiger partial charge is 0.0619 e. The summed E-state index contributed by atoms with van der Waals surface area (Å²) in [7, 11) is 0. The summed E-state index contributed by atoms with van der Waals surface area (Å²) in [5.74, 6) is 0. The van der Waals surface area contributed by atoms with E-state index in [1.807, 2.05) is 0 Å². The first-order valence-corrected chi connectivity index (χ1v) is 5.69. The fourth-order valence-electron chi connectivity index (χ4n) is 2.88. The molecule has 15 heavy (non-hydrogen) atoms. The summed E-state index contributed by atoms with van der Waals surface area (Å²) in [5.41, 5.74) is 4.07. The van der Waals surface area contributed by atoms with Crippen molar-refractivity contribution in [2.45, 2.75) is 38.5 Å². The van der Waals surface area contributed by atoms with Crippen LogP contribution in [0.4, 0.5) is 0 Å². The van der Waals surface area contributed by atoms with E-state index in [1.165, 1.54) is 16.7 Å². The lowest BCUT2D eigenvalue weighted by Crippen LogP contribution is -2.23. The van der Waals surface area contributed by atoms with Gasteiger partial charge in [-0.3, -0.25) is 0 Å². The van der Waals surface area contributed by atoms with Crippen LogP contribution in [0.1, 0.15) is 38.8 Å². The zero-order chi connectivity index (χ0) is 11.3. The van der Waals surface area contributed by atoms with Gasteiger partial charge in [-0.2, -0.15) is 0 Å². The Morgan fingerprint density at radius 2 is 1.33 bits per heavy atom. The smallest absolute Gasteiger partial charge is 0.0201 e. The summed E-state index contributed by atoms with van der Waals surface area (Å²) in [5, 5.41) is 2.99. The third-order valence-corrected chi connectivity index (χ3v) is 3.83. The van der Waals surface area contributed by atoms with Crippen LogP contribution in [0.5, 0.6) is 0 Å². The van der Waals surface area contributed by atoms with E-state index in [2.05, 4.69) is 57.0 Å². The van der Waals surface area contributed by atoms with E-state index >= 15 is 0 Å². The van der Waals surface area contributed by atoms with Crippen LogP contribution >= 0.6 is 12.2 Å². The molecule has 0 amide bonds. The van der Waals surface area contributed by atoms with Crippen LogP contribution in [-0.2, 0) is 10.8 Å². The zero-order valence-electron chi connectivity index (χ0n) is 9.72. The highest BCUT2D eigenvalue weighted by Gasteiger charge is 2.46. The van der Waals surface area contributed by atoms with E-state index in [0.717, 1.165) is 0 Å². The number of hydrogen-bond donors (Lipinski definition) is 0. The van der Waals surface area contributed by atoms with E-state index in [0.29, 0.717) is 0 Å². The monoisotopic (exact) mass is 216 g/mol. The number of fused-ring (bicyclic) bond motifs is 1. The Kier molecular flexibility index (Phi) is 2.15. The van der Waals surface area contributed by atoms with Gasteiger partial charge in [0.1, 0.15) is 0 Å². The fourth-order valence-corrected chi connectivity index (χ4v) is 3.39. The molecule has 0 aromatic heterocycles. The molecule has 1 aromatic rings. The molecule has 1 aliphatic carbocycles. The molecule has 1 aromatic carbocycles. The van der Waals surface area contributed by atoms with Crippen LogP contribution in [0.2, 0.25) is 0 Å². The van der Waals surface area contributed by atoms with Gasteiger partial charge in [0.2, 0.25) is 0 Å². The van der Waals surface area contributed by atoms with E-state index in [-0.39, 0.29) is 10.8 Å². The number of hydrogen-bond acceptors (Lipinski definition) is 1. The predicted octanol–water partition coefficient (Wildman–Crippen LogP) is 3.78. The van der Waals surface area contributed by atoms with E-state index in [9.17, 15) is 0 Å². The fraction of sp³-hybridized carbons (Fsp3) is 0.429. The molecule has 2 rings (SSSR count). The topological polar surface area (TPSA) is 0 Å². The molecule has 1 heteroatoms. The first kappa shape index (κ1) is 10.6. The van der Waals surface area contributed by atoms with Crippen molar-refractivity contribution in [2.75, 3.05) is 0 Å². The molecular formula is C14H16S. The molecule has 0 N–H and O–H groups in total. The van der Waals surface area contributed by atoms with Crippen LogP contribution in [0, 0.1) is 0 Å². The molecule has 1 aliphatic rings. The number of thiocarbonyl (C=S) groups is 1. The van der Waals surface area contributed by atoms with Crippen LogP contribution in [0.15, 0.2) is 29.8 Å². The van der Waals surface area contributed by atoms with Gasteiger partial charge >= 0.3 is 0 Å². The second-order valence-corrected chi connectivity index (χ2v) is 5.48. The zero-order valence-corrected chi connectivity index (χ0v) is 10.5. The number of allylic oxidation sites excluding steroid dienone is 1. The van der Waals surface area contributed by atoms with Crippen LogP contribution < -0.4 is 0 Å². The van der Waals surface area contributed by atoms with Gasteiger partial charge in [0, 0.05) is 16.4 Å². The van der Waals surface area contributed by atoms with Crippen molar-refractivity contribution in [1.82, 2.24) is 0 Å². The second kappa shape index (κ2) is 3.04. The Morgan fingerprint density at radius 3 is 1.67 bits per heavy atom. The molecule has 0 aliphatic heterocycles. The average Bonchev–Trinajstić information content (AvgIpc) is 2.32. The Labute approximate surface area is 97.0 Å². The Hall–Kier alpha value is -0.910. The molecule has 0 saturated heterocycles. The van der Waals surface area contributed by atoms with Crippen LogP contribution in [0.25, 0.3) is 0 Å². The normalized spacial score (nSPS) is 20.9. The molecule has 78 valence electrons. The summed E-state index contributed by atoms with van der Waals surface area (Å²) in [6.45, 7) is 8.93. The molecular weight excluding hydrogens is 200 g/mol. The lowest BCUT2D eigenvalue weighted by Gasteiger charge is -2.25. The standard InChI is InChI=1S/C14H16S/c1-13(2)10-7-5-6-8-11(10)14(3,4)12(13)9-15/h5-8H,1-4H3. The van der Waals surface area contributed by atoms with E-state index in [4.69, 9.17) is 12.2 Å². The highest BCUT2D eigenvalue weighted by atomic mass is 32.1. The molecule has 0 bridgehead atoms. The van der Waals surface area contributed by atoms with Crippen molar-refractivity contribution in [3.8, 4) is 0 Å². The second-order valence-electron chi connectivity index (χ2n) is 5.27. The van der Waals surface area contributed by atoms with Crippen LogP contribution in [0.3, 0.4) is 0 Å². The van der Waals surface area contributed by atoms with Crippen molar-refractivity contribution < 1.29 is 0 Å². The molecule has 0 radical (unpaired) electrons. The molecule has 0 heterocycles. The van der Waals surface area contributed by atoms with Crippen LogP contribution in [-0.4, -0.2) is 5.02 Å². The Bertz CT molecular complexity index is 423. The maximum absolute atomic E-state index is 5.07. The molecule has 0 saturated carbocycles. The van der Waals surface area contributed by atoms with Crippen molar-refractivity contribution in [3.63, 3.8) is 0 Å². The van der Waals surface area contributed by atoms with Gasteiger partial charge in [0.15, 0.2) is 0 Å². The molecule has 0 unspecified atom stereocenters. The lowest BCUT2D eigenvalue weighted by molar-refractivity contribution is 0.560. The van der Waals surface area contributed by atoms with Gasteiger partial charge in [-0.1, -0.05) is 52.0 Å². The average molecular weight is 216 g/mol. The quantitative estimate of drug-likeness (QED) is 0.595. The van der Waals surface area contributed by atoms with Gasteiger partial charge in [0.05, 0.1) is 0 Å². The van der Waals surface area contributed by atoms with E-state index in [1.54, 1.807) is 0 Å². The summed E-state index contributed by atoms with van der Waals surface area (Å²) < 4.78 is 0. The van der Waals surface area contributed by atoms with Gasteiger partial charge in [-0.15, -0.1) is 0 Å². The minimum atomic E-state index is 0.0296. The molecule has 0 nitrogen and oxygen atoms in total. The maximum atomic E-state index is 5.07. The van der Waals surface area contributed by atoms with Crippen molar-refractivity contribution in [3.05, 3.63) is 41.0 Å². The Morgan fingerprint density at radius 1 is 0.933 bits per heavy atom. The minimum Gasteiger partial charge on any atom is -0.0619 e. The number of benzene rings is 1. The summed E-state index contributed by atoms with van der Waals surface area (Å²) in [6.07, 6.45) is 0. The van der Waals surface area contributed by atoms with Gasteiger partial charge in [0.25, 0.3) is 0 Å². The number of rotatable bonds is 0. The maximum Gasteiger partial charge on any atom is 0.0201 e. The summed E-state index contributed by atoms with van der Waals surface area (Å²) in [6, 6.07) is 8.61. The Balaban J connectivity index is 2.83. The van der Waals surface area contributed by atoms with Gasteiger partial charge < -0.3 is 0 Å². The third kappa shape index (κ3) is 1.24. The first-order valence-electron chi connectivity index (χ1n) is 5.28. The lowest BCUT2D eigenvalue weighted by atomic mass is 9.77. The SMILES string of the molecule is CC1(C)C(=C=S)C(C)(C)c2ccccc21. The van der Waals surface area contributed by atoms with Crippen molar-refractivity contribution >= 4 is 17.2 Å². The molecule has 0 fully saturated rings. The van der Waals surface area contributed by atoms with E-state index < -0.39 is 0 Å². The third-order valence-electron chi connectivity index (χ3n) is 3.63. The predicted molar refractivity (Wildman–Crippen MR) is 68.6 cm³/mol. The first-order chi connectivity index (χ1) is 6.92. The minimum absolute atomic E-state index is 0.0296. The van der Waals surface area contributed by atoms with Crippen molar-refractivity contribution in [2.24, 2.45) is 0 Å². The van der Waals surface area contributed by atoms with Gasteiger partial charge in [-0.05, 0) is 28.4 Å². The van der Waals surface area contributed by atoms with Gasteiger partial charge in [-0.25, -0.2) is 0 Å². The molecule has 0 atom stereocenters. The van der Waals surface area contributed by atoms with Crippen molar-refractivity contribution in [1.29, 1.82) is 0 Å².